The molecule has 3 rings (SSSR count). The number of hydrogen-bond donors (Lipinski definition) is 1. The van der Waals surface area contributed by atoms with Gasteiger partial charge in [0.25, 0.3) is 5.91 Å². The van der Waals surface area contributed by atoms with Crippen LogP contribution < -0.4 is 5.32 Å². The molecule has 2 aromatic carbocycles. The third-order valence-corrected chi connectivity index (χ3v) is 4.23. The molecule has 0 saturated carbocycles. The smallest absolute Gasteiger partial charge is 0.338 e. The van der Waals surface area contributed by atoms with Crippen LogP contribution >= 0.6 is 0 Å². The highest BCUT2D eigenvalue weighted by Gasteiger charge is 2.15. The highest BCUT2D eigenvalue weighted by molar-refractivity contribution is 5.95. The maximum Gasteiger partial charge on any atom is 0.338 e. The molecule has 0 aliphatic heterocycles. The van der Waals surface area contributed by atoms with Crippen LogP contribution in [0.1, 0.15) is 23.1 Å². The first-order valence-corrected chi connectivity index (χ1v) is 8.99. The first kappa shape index (κ1) is 19.6. The van der Waals surface area contributed by atoms with E-state index in [0.717, 1.165) is 17.0 Å². The second-order valence-corrected chi connectivity index (χ2v) is 6.53. The van der Waals surface area contributed by atoms with Crippen molar-refractivity contribution in [1.29, 1.82) is 0 Å². The van der Waals surface area contributed by atoms with Gasteiger partial charge in [-0.3, -0.25) is 9.36 Å². The van der Waals surface area contributed by atoms with Gasteiger partial charge in [-0.15, -0.1) is 0 Å². The number of fused-ring (bicyclic) bond motifs is 1. The third kappa shape index (κ3) is 4.37. The average Bonchev–Trinajstić information content (AvgIpc) is 3.01. The lowest BCUT2D eigenvalue weighted by atomic mass is 10.2. The van der Waals surface area contributed by atoms with Crippen LogP contribution in [0.25, 0.3) is 16.7 Å². The molecule has 7 nitrogen and oxygen atoms in total. The van der Waals surface area contributed by atoms with Gasteiger partial charge in [0, 0.05) is 18.8 Å². The molecule has 1 amide bonds. The number of hydrogen-bond acceptors (Lipinski definition) is 5. The minimum atomic E-state index is -0.566. The summed E-state index contributed by atoms with van der Waals surface area (Å²) in [7, 11) is 1.56. The van der Waals surface area contributed by atoms with Crippen LogP contribution in [0.5, 0.6) is 0 Å². The average molecular weight is 381 g/mol. The largest absolute Gasteiger partial charge is 0.452 e. The molecule has 28 heavy (non-hydrogen) atoms. The molecule has 0 spiro atoms. The topological polar surface area (TPSA) is 82.4 Å². The van der Waals surface area contributed by atoms with Gasteiger partial charge in [0.2, 0.25) is 0 Å². The standard InChI is InChI=1S/C21H23N3O4/c1-14(12-27-3)22-20(25)13-28-21(26)16-9-10-19-18(11-16)23-15(2)24(19)17-7-5-4-6-8-17/h4-11,14H,12-13H2,1-3H3,(H,22,25)/t14-/m1/s1. The summed E-state index contributed by atoms with van der Waals surface area (Å²) >= 11 is 0. The van der Waals surface area contributed by atoms with Gasteiger partial charge in [0.15, 0.2) is 6.61 Å². The monoisotopic (exact) mass is 381 g/mol. The summed E-state index contributed by atoms with van der Waals surface area (Å²) in [5, 5.41) is 2.69. The molecule has 0 aliphatic carbocycles. The van der Waals surface area contributed by atoms with E-state index < -0.39 is 5.97 Å². The molecule has 0 bridgehead atoms. The van der Waals surface area contributed by atoms with Gasteiger partial charge in [0.1, 0.15) is 5.82 Å². The lowest BCUT2D eigenvalue weighted by Crippen LogP contribution is -2.38. The van der Waals surface area contributed by atoms with Crippen LogP contribution in [-0.2, 0) is 14.3 Å². The Morgan fingerprint density at radius 2 is 1.93 bits per heavy atom. The van der Waals surface area contributed by atoms with Crippen LogP contribution in [0.15, 0.2) is 48.5 Å². The summed E-state index contributed by atoms with van der Waals surface area (Å²) in [5.41, 5.74) is 2.93. The first-order chi connectivity index (χ1) is 13.5. The Morgan fingerprint density at radius 3 is 2.64 bits per heavy atom. The van der Waals surface area contributed by atoms with Crippen molar-refractivity contribution < 1.29 is 19.1 Å². The van der Waals surface area contributed by atoms with Crippen molar-refractivity contribution in [2.45, 2.75) is 19.9 Å². The SMILES string of the molecule is COC[C@@H](C)NC(=O)COC(=O)c1ccc2c(c1)nc(C)n2-c1ccccc1. The Bertz CT molecular complexity index is 982. The zero-order chi connectivity index (χ0) is 20.1. The van der Waals surface area contributed by atoms with Crippen molar-refractivity contribution in [3.8, 4) is 5.69 Å². The van der Waals surface area contributed by atoms with Crippen molar-refractivity contribution in [3.05, 3.63) is 59.9 Å². The highest BCUT2D eigenvalue weighted by atomic mass is 16.5. The van der Waals surface area contributed by atoms with Gasteiger partial charge < -0.3 is 14.8 Å². The van der Waals surface area contributed by atoms with Gasteiger partial charge in [-0.2, -0.15) is 0 Å². The Hall–Kier alpha value is -3.19. The fourth-order valence-corrected chi connectivity index (χ4v) is 3.05. The zero-order valence-corrected chi connectivity index (χ0v) is 16.1. The molecule has 1 aromatic heterocycles. The van der Waals surface area contributed by atoms with Gasteiger partial charge in [-0.05, 0) is 44.2 Å². The van der Waals surface area contributed by atoms with Crippen LogP contribution in [0.3, 0.4) is 0 Å². The van der Waals surface area contributed by atoms with E-state index in [4.69, 9.17) is 9.47 Å². The molecule has 3 aromatic rings. The van der Waals surface area contributed by atoms with Crippen LogP contribution in [0.4, 0.5) is 0 Å². The van der Waals surface area contributed by atoms with Gasteiger partial charge in [-0.25, -0.2) is 9.78 Å². The van der Waals surface area contributed by atoms with Crippen LogP contribution in [0, 0.1) is 6.92 Å². The quantitative estimate of drug-likeness (QED) is 0.636. The molecule has 0 fully saturated rings. The number of rotatable bonds is 7. The summed E-state index contributed by atoms with van der Waals surface area (Å²) in [6.45, 7) is 3.77. The molecule has 0 saturated heterocycles. The maximum absolute atomic E-state index is 12.3. The van der Waals surface area contributed by atoms with E-state index in [0.29, 0.717) is 17.7 Å². The molecule has 1 heterocycles. The van der Waals surface area contributed by atoms with Crippen molar-refractivity contribution in [1.82, 2.24) is 14.9 Å². The summed E-state index contributed by atoms with van der Waals surface area (Å²) in [5.74, 6) is -0.121. The molecule has 0 unspecified atom stereocenters. The molecule has 0 aliphatic rings. The molecule has 0 radical (unpaired) electrons. The van der Waals surface area contributed by atoms with Crippen molar-refractivity contribution in [2.75, 3.05) is 20.3 Å². The number of aryl methyl sites for hydroxylation is 1. The fourth-order valence-electron chi connectivity index (χ4n) is 3.05. The lowest BCUT2D eigenvalue weighted by Gasteiger charge is -2.12. The normalized spacial score (nSPS) is 12.0. The molecular formula is C21H23N3O4. The molecular weight excluding hydrogens is 358 g/mol. The fraction of sp³-hybridized carbons (Fsp3) is 0.286. The number of para-hydroxylation sites is 1. The summed E-state index contributed by atoms with van der Waals surface area (Å²) in [4.78, 5) is 28.7. The number of carbonyl (C=O) groups excluding carboxylic acids is 2. The predicted octanol–water partition coefficient (Wildman–Crippen LogP) is 2.64. The van der Waals surface area contributed by atoms with Crippen LogP contribution in [0.2, 0.25) is 0 Å². The molecule has 1 N–H and O–H groups in total. The molecule has 7 heteroatoms. The summed E-state index contributed by atoms with van der Waals surface area (Å²) in [6.07, 6.45) is 0. The number of benzene rings is 2. The molecule has 1 atom stereocenters. The summed E-state index contributed by atoms with van der Waals surface area (Å²) < 4.78 is 12.1. The number of esters is 1. The Kier molecular flexibility index (Phi) is 6.06. The number of aromatic nitrogens is 2. The second-order valence-electron chi connectivity index (χ2n) is 6.53. The van der Waals surface area contributed by atoms with Crippen molar-refractivity contribution in [2.24, 2.45) is 0 Å². The highest BCUT2D eigenvalue weighted by Crippen LogP contribution is 2.22. The predicted molar refractivity (Wildman–Crippen MR) is 106 cm³/mol. The zero-order valence-electron chi connectivity index (χ0n) is 16.1. The molecule has 146 valence electrons. The number of nitrogens with one attached hydrogen (secondary N) is 1. The number of carbonyl (C=O) groups is 2. The Labute approximate surface area is 163 Å². The lowest BCUT2D eigenvalue weighted by molar-refractivity contribution is -0.125. The van der Waals surface area contributed by atoms with Crippen molar-refractivity contribution >= 4 is 22.9 Å². The van der Waals surface area contributed by atoms with Crippen molar-refractivity contribution in [3.63, 3.8) is 0 Å². The Morgan fingerprint density at radius 1 is 1.18 bits per heavy atom. The van der Waals surface area contributed by atoms with Crippen LogP contribution in [-0.4, -0.2) is 47.8 Å². The van der Waals surface area contributed by atoms with E-state index >= 15 is 0 Å². The second kappa shape index (κ2) is 8.67. The first-order valence-electron chi connectivity index (χ1n) is 8.99. The van der Waals surface area contributed by atoms with Gasteiger partial charge in [-0.1, -0.05) is 18.2 Å². The van der Waals surface area contributed by atoms with E-state index in [1.807, 2.05) is 54.8 Å². The van der Waals surface area contributed by atoms with Gasteiger partial charge >= 0.3 is 5.97 Å². The maximum atomic E-state index is 12.3. The number of imidazole rings is 1. The summed E-state index contributed by atoms with van der Waals surface area (Å²) in [6, 6.07) is 14.9. The van der Waals surface area contributed by atoms with E-state index in [1.54, 1.807) is 19.2 Å². The number of methoxy groups -OCH3 is 1. The minimum Gasteiger partial charge on any atom is -0.452 e. The third-order valence-electron chi connectivity index (χ3n) is 4.23. The van der Waals surface area contributed by atoms with E-state index in [-0.39, 0.29) is 18.6 Å². The van der Waals surface area contributed by atoms with Gasteiger partial charge in [0.05, 0.1) is 23.2 Å². The minimum absolute atomic E-state index is 0.155. The van der Waals surface area contributed by atoms with E-state index in [9.17, 15) is 9.59 Å². The van der Waals surface area contributed by atoms with E-state index in [2.05, 4.69) is 10.3 Å². The number of nitrogens with zero attached hydrogens (tertiary/aromatic N) is 2. The van der Waals surface area contributed by atoms with E-state index in [1.165, 1.54) is 0 Å². The Balaban J connectivity index is 1.72. The number of amides is 1. The number of ether oxygens (including phenoxy) is 2.